The second-order valence-corrected chi connectivity index (χ2v) is 7.76. The molecule has 2 amide bonds. The number of anilines is 1. The molecule has 0 bridgehead atoms. The summed E-state index contributed by atoms with van der Waals surface area (Å²) in [7, 11) is -2.67. The minimum atomic E-state index is -3.87. The van der Waals surface area contributed by atoms with Crippen molar-refractivity contribution < 1.29 is 31.9 Å². The molecule has 0 aliphatic heterocycles. The molecule has 2 aromatic rings. The second kappa shape index (κ2) is 10.5. The first-order valence-electron chi connectivity index (χ1n) is 8.71. The molecule has 2 rings (SSSR count). The number of ether oxygens (including phenoxy) is 1. The van der Waals surface area contributed by atoms with Gasteiger partial charge >= 0.3 is 5.97 Å². The molecule has 0 fully saturated rings. The lowest BCUT2D eigenvalue weighted by molar-refractivity contribution is -0.139. The summed E-state index contributed by atoms with van der Waals surface area (Å²) >= 11 is 0. The molecule has 3 N–H and O–H groups in total. The molecular weight excluding hydrogens is 417 g/mol. The van der Waals surface area contributed by atoms with Gasteiger partial charge in [-0.1, -0.05) is 6.07 Å². The maximum atomic E-state index is 12.9. The van der Waals surface area contributed by atoms with Crippen LogP contribution in [-0.2, 0) is 24.3 Å². The molecule has 0 aromatic heterocycles. The van der Waals surface area contributed by atoms with E-state index in [1.165, 1.54) is 19.2 Å². The largest absolute Gasteiger partial charge is 0.468 e. The topological polar surface area (TPSA) is 131 Å². The van der Waals surface area contributed by atoms with E-state index in [2.05, 4.69) is 20.1 Å². The first-order valence-corrected chi connectivity index (χ1v) is 10.2. The Labute approximate surface area is 172 Å². The van der Waals surface area contributed by atoms with Gasteiger partial charge in [-0.3, -0.25) is 14.4 Å². The van der Waals surface area contributed by atoms with Crippen molar-refractivity contribution in [3.05, 3.63) is 59.9 Å². The smallest absolute Gasteiger partial charge is 0.325 e. The minimum Gasteiger partial charge on any atom is -0.468 e. The first kappa shape index (κ1) is 23.0. The molecule has 0 unspecified atom stereocenters. The summed E-state index contributed by atoms with van der Waals surface area (Å²) in [6, 6.07) is 10.3. The van der Waals surface area contributed by atoms with E-state index >= 15 is 0 Å². The van der Waals surface area contributed by atoms with Crippen molar-refractivity contribution in [3.63, 3.8) is 0 Å². The van der Waals surface area contributed by atoms with E-state index in [9.17, 15) is 27.2 Å². The molecule has 0 aliphatic carbocycles. The van der Waals surface area contributed by atoms with E-state index < -0.39 is 33.6 Å². The predicted molar refractivity (Wildman–Crippen MR) is 106 cm³/mol. The van der Waals surface area contributed by atoms with Crippen LogP contribution in [0.3, 0.4) is 0 Å². The molecular formula is C19H20FN3O6S. The maximum Gasteiger partial charge on any atom is 0.325 e. The van der Waals surface area contributed by atoms with Crippen LogP contribution in [0.25, 0.3) is 0 Å². The standard InChI is InChI=1S/C19H20FN3O6S/c1-29-18(25)12-21-19(26)13-3-2-4-15(11-13)23-17(24)9-10-22-30(27,28)16-7-5-14(20)6-8-16/h2-8,11,22H,9-10,12H2,1H3,(H,21,26)(H,23,24). The quantitative estimate of drug-likeness (QED) is 0.503. The van der Waals surface area contributed by atoms with E-state index in [1.54, 1.807) is 12.1 Å². The van der Waals surface area contributed by atoms with E-state index in [0.29, 0.717) is 5.69 Å². The van der Waals surface area contributed by atoms with Crippen LogP contribution in [-0.4, -0.2) is 46.4 Å². The summed E-state index contributed by atoms with van der Waals surface area (Å²) in [6.07, 6.45) is -0.167. The number of methoxy groups -OCH3 is 1. The van der Waals surface area contributed by atoms with Gasteiger partial charge in [0.2, 0.25) is 15.9 Å². The summed E-state index contributed by atoms with van der Waals surface area (Å²) in [6.45, 7) is -0.467. The van der Waals surface area contributed by atoms with Gasteiger partial charge < -0.3 is 15.4 Å². The van der Waals surface area contributed by atoms with Crippen LogP contribution >= 0.6 is 0 Å². The van der Waals surface area contributed by atoms with Crippen LogP contribution in [0.1, 0.15) is 16.8 Å². The monoisotopic (exact) mass is 437 g/mol. The highest BCUT2D eigenvalue weighted by atomic mass is 32.2. The molecule has 0 saturated heterocycles. The fourth-order valence-corrected chi connectivity index (χ4v) is 3.32. The van der Waals surface area contributed by atoms with Gasteiger partial charge in [-0.05, 0) is 42.5 Å². The Morgan fingerprint density at radius 3 is 2.43 bits per heavy atom. The fourth-order valence-electron chi connectivity index (χ4n) is 2.28. The summed E-state index contributed by atoms with van der Waals surface area (Å²) in [4.78, 5) is 35.0. The average molecular weight is 437 g/mol. The Morgan fingerprint density at radius 1 is 1.07 bits per heavy atom. The van der Waals surface area contributed by atoms with Gasteiger partial charge in [-0.2, -0.15) is 0 Å². The molecule has 30 heavy (non-hydrogen) atoms. The maximum absolute atomic E-state index is 12.9. The van der Waals surface area contributed by atoms with E-state index in [-0.39, 0.29) is 30.0 Å². The number of carbonyl (C=O) groups excluding carboxylic acids is 3. The summed E-state index contributed by atoms with van der Waals surface area (Å²) in [5, 5.41) is 4.93. The van der Waals surface area contributed by atoms with Gasteiger partial charge in [0, 0.05) is 24.2 Å². The summed E-state index contributed by atoms with van der Waals surface area (Å²) in [5.41, 5.74) is 0.542. The van der Waals surface area contributed by atoms with Crippen molar-refractivity contribution in [3.8, 4) is 0 Å². The predicted octanol–water partition coefficient (Wildman–Crippen LogP) is 1.04. The zero-order chi connectivity index (χ0) is 22.1. The number of nitrogens with one attached hydrogen (secondary N) is 3. The van der Waals surface area contributed by atoms with Gasteiger partial charge in [0.05, 0.1) is 12.0 Å². The van der Waals surface area contributed by atoms with Crippen LogP contribution in [0.15, 0.2) is 53.4 Å². The molecule has 160 valence electrons. The van der Waals surface area contributed by atoms with Crippen molar-refractivity contribution in [2.24, 2.45) is 0 Å². The first-order chi connectivity index (χ1) is 14.2. The normalized spacial score (nSPS) is 10.9. The van der Waals surface area contributed by atoms with Gasteiger partial charge in [-0.15, -0.1) is 0 Å². The summed E-state index contributed by atoms with van der Waals surface area (Å²) < 4.78 is 43.8. The highest BCUT2D eigenvalue weighted by Gasteiger charge is 2.14. The number of hydrogen-bond acceptors (Lipinski definition) is 6. The minimum absolute atomic E-state index is 0.116. The van der Waals surface area contributed by atoms with Crippen molar-refractivity contribution in [1.82, 2.24) is 10.0 Å². The third kappa shape index (κ3) is 6.94. The van der Waals surface area contributed by atoms with Gasteiger partial charge in [0.15, 0.2) is 0 Å². The molecule has 9 nitrogen and oxygen atoms in total. The van der Waals surface area contributed by atoms with Crippen molar-refractivity contribution in [2.75, 3.05) is 25.5 Å². The van der Waals surface area contributed by atoms with E-state index in [4.69, 9.17) is 0 Å². The van der Waals surface area contributed by atoms with Gasteiger partial charge in [0.25, 0.3) is 5.91 Å². The molecule has 11 heteroatoms. The Balaban J connectivity index is 1.87. The Bertz CT molecular complexity index is 1020. The van der Waals surface area contributed by atoms with Crippen molar-refractivity contribution in [1.29, 1.82) is 0 Å². The molecule has 0 aliphatic rings. The lowest BCUT2D eigenvalue weighted by Gasteiger charge is -2.09. The highest BCUT2D eigenvalue weighted by molar-refractivity contribution is 7.89. The third-order valence-electron chi connectivity index (χ3n) is 3.80. The second-order valence-electron chi connectivity index (χ2n) is 5.99. The Hall–Kier alpha value is -3.31. The fraction of sp³-hybridized carbons (Fsp3) is 0.211. The van der Waals surface area contributed by atoms with Crippen LogP contribution in [0.4, 0.5) is 10.1 Å². The number of esters is 1. The Morgan fingerprint density at radius 2 is 1.77 bits per heavy atom. The molecule has 2 aromatic carbocycles. The number of sulfonamides is 1. The zero-order valence-corrected chi connectivity index (χ0v) is 16.8. The zero-order valence-electron chi connectivity index (χ0n) is 16.0. The third-order valence-corrected chi connectivity index (χ3v) is 5.27. The van der Waals surface area contributed by atoms with Crippen molar-refractivity contribution in [2.45, 2.75) is 11.3 Å². The molecule has 0 spiro atoms. The lowest BCUT2D eigenvalue weighted by Crippen LogP contribution is -2.30. The highest BCUT2D eigenvalue weighted by Crippen LogP contribution is 2.12. The van der Waals surface area contributed by atoms with Gasteiger partial charge in [-0.25, -0.2) is 17.5 Å². The van der Waals surface area contributed by atoms with Crippen LogP contribution in [0.5, 0.6) is 0 Å². The lowest BCUT2D eigenvalue weighted by atomic mass is 10.2. The van der Waals surface area contributed by atoms with E-state index in [0.717, 1.165) is 24.3 Å². The molecule has 0 radical (unpaired) electrons. The number of rotatable bonds is 9. The molecule has 0 heterocycles. The van der Waals surface area contributed by atoms with Crippen molar-refractivity contribution >= 4 is 33.5 Å². The Kier molecular flexibility index (Phi) is 8.01. The number of benzene rings is 2. The number of amides is 2. The number of halogens is 1. The SMILES string of the molecule is COC(=O)CNC(=O)c1cccc(NC(=O)CCNS(=O)(=O)c2ccc(F)cc2)c1. The number of carbonyl (C=O) groups is 3. The molecule has 0 atom stereocenters. The van der Waals surface area contributed by atoms with Crippen LogP contribution < -0.4 is 15.4 Å². The van der Waals surface area contributed by atoms with Crippen LogP contribution in [0, 0.1) is 5.82 Å². The number of hydrogen-bond donors (Lipinski definition) is 3. The summed E-state index contributed by atoms with van der Waals surface area (Å²) in [5.74, 6) is -2.17. The average Bonchev–Trinajstić information content (AvgIpc) is 2.72. The van der Waals surface area contributed by atoms with Crippen LogP contribution in [0.2, 0.25) is 0 Å². The molecule has 0 saturated carbocycles. The van der Waals surface area contributed by atoms with E-state index in [1.807, 2.05) is 0 Å². The van der Waals surface area contributed by atoms with Gasteiger partial charge in [0.1, 0.15) is 12.4 Å².